The zero-order valence-electron chi connectivity index (χ0n) is 12.5. The van der Waals surface area contributed by atoms with Crippen LogP contribution in [0.15, 0.2) is 0 Å². The molecule has 2 unspecified atom stereocenters. The number of rotatable bonds is 3. The molecule has 0 radical (unpaired) electrons. The van der Waals surface area contributed by atoms with E-state index in [4.69, 9.17) is 10.5 Å². The molecule has 5 nitrogen and oxygen atoms in total. The highest BCUT2D eigenvalue weighted by molar-refractivity contribution is 7.13. The minimum Gasteiger partial charge on any atom is -0.381 e. The van der Waals surface area contributed by atoms with Crippen molar-refractivity contribution in [2.75, 3.05) is 20.2 Å². The average molecular weight is 356 g/mol. The molecule has 1 aliphatic rings. The lowest BCUT2D eigenvalue weighted by Crippen LogP contribution is -2.51. The van der Waals surface area contributed by atoms with Gasteiger partial charge in [0, 0.05) is 26.2 Å². The highest BCUT2D eigenvalue weighted by atomic mass is 35.5. The summed E-state index contributed by atoms with van der Waals surface area (Å²) in [5.41, 5.74) is 6.62. The van der Waals surface area contributed by atoms with E-state index in [1.165, 1.54) is 11.3 Å². The fourth-order valence-electron chi connectivity index (χ4n) is 2.58. The molecule has 0 bridgehead atoms. The Morgan fingerprint density at radius 3 is 2.62 bits per heavy atom. The number of nitrogens with zero attached hydrogens (tertiary/aromatic N) is 2. The first-order valence-electron chi connectivity index (χ1n) is 6.54. The Hall–Kier alpha value is -0.400. The Morgan fingerprint density at radius 1 is 1.48 bits per heavy atom. The van der Waals surface area contributed by atoms with Crippen LogP contribution in [0.1, 0.15) is 33.2 Å². The molecule has 1 aromatic heterocycles. The monoisotopic (exact) mass is 355 g/mol. The van der Waals surface area contributed by atoms with Gasteiger partial charge in [-0.25, -0.2) is 4.98 Å². The van der Waals surface area contributed by atoms with Crippen LogP contribution in [0.2, 0.25) is 0 Å². The average Bonchev–Trinajstić information content (AvgIpc) is 2.76. The molecular formula is C13H23Cl2N3O2S. The number of carbonyl (C=O) groups is 1. The van der Waals surface area contributed by atoms with E-state index in [-0.39, 0.29) is 42.9 Å². The Balaban J connectivity index is 0.00000200. The van der Waals surface area contributed by atoms with Gasteiger partial charge in [0.15, 0.2) is 0 Å². The second kappa shape index (κ2) is 8.90. The summed E-state index contributed by atoms with van der Waals surface area (Å²) in [6.07, 6.45) is 1.90. The number of carbonyl (C=O) groups excluding carboxylic acids is 1. The largest absolute Gasteiger partial charge is 0.381 e. The van der Waals surface area contributed by atoms with Crippen LogP contribution in [0.3, 0.4) is 0 Å². The van der Waals surface area contributed by atoms with E-state index in [0.29, 0.717) is 13.1 Å². The molecule has 2 heterocycles. The molecule has 1 amide bonds. The molecule has 122 valence electrons. The summed E-state index contributed by atoms with van der Waals surface area (Å²) >= 11 is 1.46. The Morgan fingerprint density at radius 2 is 2.14 bits per heavy atom. The zero-order chi connectivity index (χ0) is 14.0. The maximum absolute atomic E-state index is 12.6. The Labute approximate surface area is 142 Å². The summed E-state index contributed by atoms with van der Waals surface area (Å²) in [6.45, 7) is 4.99. The van der Waals surface area contributed by atoms with Crippen LogP contribution < -0.4 is 5.73 Å². The topological polar surface area (TPSA) is 68.5 Å². The SMILES string of the molecule is COC1CCN(C(=O)c2sc(C)nc2C)C(CN)C1.Cl.Cl. The molecule has 2 atom stereocenters. The molecule has 2 N–H and O–H groups in total. The first-order chi connectivity index (χ1) is 9.06. The Bertz CT molecular complexity index is 470. The van der Waals surface area contributed by atoms with Crippen molar-refractivity contribution in [2.45, 2.75) is 38.8 Å². The van der Waals surface area contributed by atoms with Crippen LogP contribution >= 0.6 is 36.2 Å². The zero-order valence-corrected chi connectivity index (χ0v) is 14.9. The smallest absolute Gasteiger partial charge is 0.266 e. The molecule has 21 heavy (non-hydrogen) atoms. The molecule has 8 heteroatoms. The van der Waals surface area contributed by atoms with Crippen LogP contribution in [0.4, 0.5) is 0 Å². The van der Waals surface area contributed by atoms with Gasteiger partial charge in [0.1, 0.15) is 4.88 Å². The van der Waals surface area contributed by atoms with Crippen molar-refractivity contribution in [3.8, 4) is 0 Å². The number of nitrogens with two attached hydrogens (primary N) is 1. The number of methoxy groups -OCH3 is 1. The van der Waals surface area contributed by atoms with Crippen molar-refractivity contribution in [1.29, 1.82) is 0 Å². The normalized spacial score (nSPS) is 21.4. The van der Waals surface area contributed by atoms with E-state index in [1.54, 1.807) is 7.11 Å². The van der Waals surface area contributed by atoms with Crippen molar-refractivity contribution < 1.29 is 9.53 Å². The third-order valence-corrected chi connectivity index (χ3v) is 4.69. The molecule has 0 aromatic carbocycles. The minimum absolute atomic E-state index is 0. The van der Waals surface area contributed by atoms with Gasteiger partial charge in [0.2, 0.25) is 0 Å². The molecule has 1 saturated heterocycles. The van der Waals surface area contributed by atoms with E-state index >= 15 is 0 Å². The van der Waals surface area contributed by atoms with Gasteiger partial charge in [-0.1, -0.05) is 0 Å². The van der Waals surface area contributed by atoms with Crippen molar-refractivity contribution >= 4 is 42.1 Å². The fraction of sp³-hybridized carbons (Fsp3) is 0.692. The molecule has 0 saturated carbocycles. The summed E-state index contributed by atoms with van der Waals surface area (Å²) in [5.74, 6) is 0.0631. The van der Waals surface area contributed by atoms with E-state index in [0.717, 1.165) is 28.4 Å². The number of thiazole rings is 1. The first-order valence-corrected chi connectivity index (χ1v) is 7.36. The number of hydrogen-bond acceptors (Lipinski definition) is 5. The number of piperidine rings is 1. The predicted molar refractivity (Wildman–Crippen MR) is 90.0 cm³/mol. The number of hydrogen-bond donors (Lipinski definition) is 1. The highest BCUT2D eigenvalue weighted by Gasteiger charge is 2.32. The first kappa shape index (κ1) is 20.6. The highest BCUT2D eigenvalue weighted by Crippen LogP contribution is 2.25. The molecule has 0 aliphatic carbocycles. The molecule has 1 fully saturated rings. The number of aromatic nitrogens is 1. The minimum atomic E-state index is 0. The van der Waals surface area contributed by atoms with Gasteiger partial charge < -0.3 is 15.4 Å². The van der Waals surface area contributed by atoms with E-state index < -0.39 is 0 Å². The summed E-state index contributed by atoms with van der Waals surface area (Å²) in [4.78, 5) is 19.5. The molecular weight excluding hydrogens is 333 g/mol. The summed E-state index contributed by atoms with van der Waals surface area (Å²) in [5, 5.41) is 0.928. The van der Waals surface area contributed by atoms with E-state index in [1.807, 2.05) is 18.7 Å². The number of ether oxygens (including phenoxy) is 1. The quantitative estimate of drug-likeness (QED) is 0.901. The van der Waals surface area contributed by atoms with Crippen LogP contribution in [0, 0.1) is 13.8 Å². The van der Waals surface area contributed by atoms with Crippen LogP contribution in [-0.2, 0) is 4.74 Å². The van der Waals surface area contributed by atoms with Gasteiger partial charge >= 0.3 is 0 Å². The van der Waals surface area contributed by atoms with Gasteiger partial charge in [-0.3, -0.25) is 4.79 Å². The lowest BCUT2D eigenvalue weighted by molar-refractivity contribution is 0.0141. The van der Waals surface area contributed by atoms with Crippen molar-refractivity contribution in [1.82, 2.24) is 9.88 Å². The number of amides is 1. The Kier molecular flexibility index (Phi) is 8.73. The fourth-order valence-corrected chi connectivity index (χ4v) is 3.46. The van der Waals surface area contributed by atoms with Gasteiger partial charge in [-0.05, 0) is 26.7 Å². The summed E-state index contributed by atoms with van der Waals surface area (Å²) in [6, 6.07) is 0.0630. The van der Waals surface area contributed by atoms with Crippen LogP contribution in [-0.4, -0.2) is 48.1 Å². The molecule has 2 rings (SSSR count). The van der Waals surface area contributed by atoms with Crippen molar-refractivity contribution in [2.24, 2.45) is 5.73 Å². The maximum Gasteiger partial charge on any atom is 0.266 e. The predicted octanol–water partition coefficient (Wildman–Crippen LogP) is 2.18. The molecule has 1 aliphatic heterocycles. The number of likely N-dealkylation sites (tertiary alicyclic amines) is 1. The standard InChI is InChI=1S/C13H21N3O2S.2ClH/c1-8-12(19-9(2)15-8)13(17)16-5-4-11(18-3)6-10(16)7-14;;/h10-11H,4-7,14H2,1-3H3;2*1H. The van der Waals surface area contributed by atoms with Gasteiger partial charge in [-0.2, -0.15) is 0 Å². The van der Waals surface area contributed by atoms with Gasteiger partial charge in [-0.15, -0.1) is 36.2 Å². The maximum atomic E-state index is 12.6. The van der Waals surface area contributed by atoms with Crippen LogP contribution in [0.5, 0.6) is 0 Å². The molecule has 1 aromatic rings. The van der Waals surface area contributed by atoms with Gasteiger partial charge in [0.05, 0.1) is 16.8 Å². The van der Waals surface area contributed by atoms with E-state index in [9.17, 15) is 4.79 Å². The number of aryl methyl sites for hydroxylation is 2. The number of halogens is 2. The summed E-state index contributed by atoms with van der Waals surface area (Å²) < 4.78 is 5.38. The third kappa shape index (κ3) is 4.53. The van der Waals surface area contributed by atoms with Crippen molar-refractivity contribution in [3.63, 3.8) is 0 Å². The van der Waals surface area contributed by atoms with E-state index in [2.05, 4.69) is 4.98 Å². The second-order valence-electron chi connectivity index (χ2n) is 4.92. The van der Waals surface area contributed by atoms with Crippen LogP contribution in [0.25, 0.3) is 0 Å². The lowest BCUT2D eigenvalue weighted by Gasteiger charge is -2.38. The third-order valence-electron chi connectivity index (χ3n) is 3.63. The summed E-state index contributed by atoms with van der Waals surface area (Å²) in [7, 11) is 1.71. The van der Waals surface area contributed by atoms with Crippen molar-refractivity contribution in [3.05, 3.63) is 15.6 Å². The second-order valence-corrected chi connectivity index (χ2v) is 6.12. The lowest BCUT2D eigenvalue weighted by atomic mass is 9.99. The molecule has 0 spiro atoms. The van der Waals surface area contributed by atoms with Gasteiger partial charge in [0.25, 0.3) is 5.91 Å².